The number of aromatic hydroxyl groups is 1. The highest BCUT2D eigenvalue weighted by atomic mass is 19.4. The molecule has 0 aliphatic rings. The fourth-order valence-electron chi connectivity index (χ4n) is 4.04. The summed E-state index contributed by atoms with van der Waals surface area (Å²) in [5.41, 5.74) is 0.713. The molecule has 180 valence electrons. The molecule has 3 aromatic carbocycles. The van der Waals surface area contributed by atoms with Crippen LogP contribution in [0.3, 0.4) is 0 Å². The molecule has 5 nitrogen and oxygen atoms in total. The molecule has 2 heterocycles. The lowest BCUT2D eigenvalue weighted by molar-refractivity contribution is -0.671. The standard InChI is InChI=1S/C28H19F3N2O3/c29-28(30,31)21-13-15-22(16-14-21)36-23-11-5-4-10-20(23)18-33-24-12-6-7-17-32(24)26(34)25(27(33)35)19-8-2-1-3-9-19/h1-17H,18H2/p+1. The van der Waals surface area contributed by atoms with Crippen molar-refractivity contribution in [2.24, 2.45) is 0 Å². The summed E-state index contributed by atoms with van der Waals surface area (Å²) in [6, 6.07) is 25.6. The minimum absolute atomic E-state index is 0.135. The van der Waals surface area contributed by atoms with Crippen LogP contribution in [0.25, 0.3) is 16.8 Å². The third kappa shape index (κ3) is 4.40. The van der Waals surface area contributed by atoms with Crippen molar-refractivity contribution in [3.05, 3.63) is 125 Å². The number of pyridine rings is 1. The van der Waals surface area contributed by atoms with Crippen LogP contribution in [0.2, 0.25) is 0 Å². The molecule has 0 saturated carbocycles. The second kappa shape index (κ2) is 9.22. The molecule has 0 amide bonds. The first kappa shape index (κ1) is 23.2. The first-order valence-electron chi connectivity index (χ1n) is 11.1. The van der Waals surface area contributed by atoms with E-state index in [1.807, 2.05) is 6.07 Å². The van der Waals surface area contributed by atoms with Gasteiger partial charge in [0, 0.05) is 11.6 Å². The monoisotopic (exact) mass is 489 g/mol. The number of nitrogens with zero attached hydrogens (tertiary/aromatic N) is 2. The van der Waals surface area contributed by atoms with Crippen molar-refractivity contribution in [3.8, 4) is 28.5 Å². The Bertz CT molecular complexity index is 1600. The van der Waals surface area contributed by atoms with E-state index in [0.29, 0.717) is 22.5 Å². The lowest BCUT2D eigenvalue weighted by atomic mass is 10.1. The Labute approximate surface area is 203 Å². The summed E-state index contributed by atoms with van der Waals surface area (Å²) in [7, 11) is 0. The second-order valence-corrected chi connectivity index (χ2v) is 8.12. The van der Waals surface area contributed by atoms with Gasteiger partial charge in [-0.05, 0) is 42.0 Å². The van der Waals surface area contributed by atoms with E-state index >= 15 is 0 Å². The van der Waals surface area contributed by atoms with Crippen LogP contribution < -0.4 is 14.9 Å². The Hall–Kier alpha value is -4.59. The fourth-order valence-corrected chi connectivity index (χ4v) is 4.04. The highest BCUT2D eigenvalue weighted by Gasteiger charge is 2.30. The number of fused-ring (bicyclic) bond motifs is 1. The lowest BCUT2D eigenvalue weighted by Crippen LogP contribution is -2.41. The quantitative estimate of drug-likeness (QED) is 0.317. The van der Waals surface area contributed by atoms with Crippen LogP contribution in [0.4, 0.5) is 13.2 Å². The van der Waals surface area contributed by atoms with Crippen LogP contribution in [-0.2, 0) is 12.7 Å². The van der Waals surface area contributed by atoms with Gasteiger partial charge in [-0.3, -0.25) is 0 Å². The Morgan fingerprint density at radius 1 is 0.833 bits per heavy atom. The van der Waals surface area contributed by atoms with Crippen LogP contribution in [0, 0.1) is 0 Å². The molecule has 8 heteroatoms. The minimum atomic E-state index is -4.44. The molecular weight excluding hydrogens is 469 g/mol. The summed E-state index contributed by atoms with van der Waals surface area (Å²) in [6.45, 7) is 0.135. The van der Waals surface area contributed by atoms with Crippen molar-refractivity contribution in [1.82, 2.24) is 4.40 Å². The van der Waals surface area contributed by atoms with E-state index in [0.717, 1.165) is 12.1 Å². The van der Waals surface area contributed by atoms with Gasteiger partial charge in [0.25, 0.3) is 11.5 Å². The summed E-state index contributed by atoms with van der Waals surface area (Å²) >= 11 is 0. The normalized spacial score (nSPS) is 11.5. The van der Waals surface area contributed by atoms with Crippen molar-refractivity contribution in [3.63, 3.8) is 0 Å². The van der Waals surface area contributed by atoms with E-state index < -0.39 is 11.7 Å². The number of para-hydroxylation sites is 1. The first-order chi connectivity index (χ1) is 17.3. The average molecular weight is 489 g/mol. The number of halogens is 3. The summed E-state index contributed by atoms with van der Waals surface area (Å²) in [5, 5.41) is 11.3. The predicted molar refractivity (Wildman–Crippen MR) is 128 cm³/mol. The molecule has 0 saturated heterocycles. The van der Waals surface area contributed by atoms with Gasteiger partial charge in [-0.2, -0.15) is 22.1 Å². The Kier molecular flexibility index (Phi) is 5.93. The van der Waals surface area contributed by atoms with E-state index in [2.05, 4.69) is 0 Å². The largest absolute Gasteiger partial charge is 0.477 e. The van der Waals surface area contributed by atoms with Crippen LogP contribution in [0.1, 0.15) is 11.1 Å². The Balaban J connectivity index is 1.58. The maximum absolute atomic E-state index is 13.2. The number of benzene rings is 3. The molecule has 0 aliphatic heterocycles. The maximum Gasteiger partial charge on any atom is 0.416 e. The number of rotatable bonds is 5. The molecule has 0 atom stereocenters. The molecule has 5 aromatic rings. The molecule has 5 rings (SSSR count). The molecule has 1 N–H and O–H groups in total. The van der Waals surface area contributed by atoms with Gasteiger partial charge < -0.3 is 9.84 Å². The van der Waals surface area contributed by atoms with Gasteiger partial charge in [0.15, 0.2) is 5.56 Å². The van der Waals surface area contributed by atoms with Crippen LogP contribution >= 0.6 is 0 Å². The van der Waals surface area contributed by atoms with Crippen molar-refractivity contribution in [2.75, 3.05) is 0 Å². The van der Waals surface area contributed by atoms with Crippen molar-refractivity contribution in [1.29, 1.82) is 0 Å². The van der Waals surface area contributed by atoms with E-state index in [-0.39, 0.29) is 29.3 Å². The zero-order chi connectivity index (χ0) is 25.3. The molecule has 36 heavy (non-hydrogen) atoms. The molecule has 0 aliphatic carbocycles. The van der Waals surface area contributed by atoms with Crippen molar-refractivity contribution >= 4 is 5.65 Å². The van der Waals surface area contributed by atoms with E-state index in [9.17, 15) is 23.1 Å². The van der Waals surface area contributed by atoms with Crippen molar-refractivity contribution in [2.45, 2.75) is 12.7 Å². The number of hydrogen-bond donors (Lipinski definition) is 1. The highest BCUT2D eigenvalue weighted by Crippen LogP contribution is 2.32. The van der Waals surface area contributed by atoms with Gasteiger partial charge in [-0.25, -0.2) is 4.79 Å². The molecule has 0 fully saturated rings. The first-order valence-corrected chi connectivity index (χ1v) is 11.1. The lowest BCUT2D eigenvalue weighted by Gasteiger charge is -2.14. The van der Waals surface area contributed by atoms with Gasteiger partial charge in [0.2, 0.25) is 0 Å². The third-order valence-corrected chi connectivity index (χ3v) is 5.80. The molecule has 0 spiro atoms. The minimum Gasteiger partial charge on any atom is -0.477 e. The molecule has 0 bridgehead atoms. The van der Waals surface area contributed by atoms with Crippen molar-refractivity contribution < 1.29 is 27.6 Å². The van der Waals surface area contributed by atoms with Gasteiger partial charge in [0.05, 0.1) is 11.8 Å². The topological polar surface area (TPSA) is 54.8 Å². The summed E-state index contributed by atoms with van der Waals surface area (Å²) in [5.74, 6) is 0.441. The van der Waals surface area contributed by atoms with Gasteiger partial charge in [-0.1, -0.05) is 54.6 Å². The van der Waals surface area contributed by atoms with E-state index in [1.165, 1.54) is 16.5 Å². The smallest absolute Gasteiger partial charge is 0.416 e. The van der Waals surface area contributed by atoms with E-state index in [1.54, 1.807) is 77.5 Å². The maximum atomic E-state index is 13.2. The number of hydrogen-bond acceptors (Lipinski definition) is 3. The Morgan fingerprint density at radius 3 is 2.22 bits per heavy atom. The molecule has 0 unspecified atom stereocenters. The SMILES string of the molecule is O=c1c(-c2ccccc2)c(O)[n+](Cc2ccccc2Oc2ccc(C(F)(F)F)cc2)c2ccccn12. The summed E-state index contributed by atoms with van der Waals surface area (Å²) in [6.07, 6.45) is -2.81. The number of ether oxygens (including phenoxy) is 1. The van der Waals surface area contributed by atoms with Crippen LogP contribution in [-0.4, -0.2) is 9.51 Å². The van der Waals surface area contributed by atoms with Gasteiger partial charge in [0.1, 0.15) is 18.0 Å². The van der Waals surface area contributed by atoms with Crippen LogP contribution in [0.15, 0.2) is 108 Å². The molecule has 0 radical (unpaired) electrons. The average Bonchev–Trinajstić information content (AvgIpc) is 2.88. The predicted octanol–water partition coefficient (Wildman–Crippen LogP) is 5.82. The van der Waals surface area contributed by atoms with Crippen LogP contribution in [0.5, 0.6) is 17.4 Å². The number of aromatic nitrogens is 2. The summed E-state index contributed by atoms with van der Waals surface area (Å²) < 4.78 is 47.7. The second-order valence-electron chi connectivity index (χ2n) is 8.12. The molecule has 2 aromatic heterocycles. The third-order valence-electron chi connectivity index (χ3n) is 5.80. The highest BCUT2D eigenvalue weighted by molar-refractivity contribution is 5.67. The fraction of sp³-hybridized carbons (Fsp3) is 0.0714. The zero-order valence-corrected chi connectivity index (χ0v) is 18.8. The Morgan fingerprint density at radius 2 is 1.50 bits per heavy atom. The zero-order valence-electron chi connectivity index (χ0n) is 18.8. The van der Waals surface area contributed by atoms with Gasteiger partial charge in [-0.15, -0.1) is 0 Å². The summed E-state index contributed by atoms with van der Waals surface area (Å²) in [4.78, 5) is 13.2. The number of alkyl halides is 3. The van der Waals surface area contributed by atoms with E-state index in [4.69, 9.17) is 4.74 Å². The molecular formula is C28H20F3N2O3+. The van der Waals surface area contributed by atoms with Gasteiger partial charge >= 0.3 is 11.7 Å².